The van der Waals surface area contributed by atoms with Crippen molar-refractivity contribution in [2.24, 2.45) is 0 Å². The molecule has 0 radical (unpaired) electrons. The van der Waals surface area contributed by atoms with Gasteiger partial charge in [-0.3, -0.25) is 9.36 Å². The SMILES string of the molecule is C[C@@H](Sc1nnc(-c2ccccc2Cl)n1C1CCCC1)C(=O)N1CCCC1. The first-order valence-electron chi connectivity index (χ1n) is 9.80. The number of likely N-dealkylation sites (tertiary alicyclic amines) is 1. The lowest BCUT2D eigenvalue weighted by molar-refractivity contribution is -0.129. The Balaban J connectivity index is 1.64. The molecule has 1 aromatic heterocycles. The monoisotopic (exact) mass is 404 g/mol. The summed E-state index contributed by atoms with van der Waals surface area (Å²) in [6.07, 6.45) is 6.90. The van der Waals surface area contributed by atoms with Crippen molar-refractivity contribution in [2.45, 2.75) is 61.9 Å². The summed E-state index contributed by atoms with van der Waals surface area (Å²) in [7, 11) is 0. The van der Waals surface area contributed by atoms with E-state index in [0.29, 0.717) is 11.1 Å². The Morgan fingerprint density at radius 1 is 1.15 bits per heavy atom. The summed E-state index contributed by atoms with van der Waals surface area (Å²) < 4.78 is 2.23. The molecule has 1 saturated carbocycles. The molecule has 2 aliphatic rings. The van der Waals surface area contributed by atoms with Crippen molar-refractivity contribution in [3.63, 3.8) is 0 Å². The molecule has 1 aliphatic carbocycles. The van der Waals surface area contributed by atoms with E-state index in [1.165, 1.54) is 24.6 Å². The summed E-state index contributed by atoms with van der Waals surface area (Å²) in [6.45, 7) is 3.74. The minimum absolute atomic E-state index is 0.161. The molecule has 1 atom stereocenters. The van der Waals surface area contributed by atoms with Gasteiger partial charge in [-0.25, -0.2) is 0 Å². The largest absolute Gasteiger partial charge is 0.342 e. The highest BCUT2D eigenvalue weighted by Gasteiger charge is 2.29. The number of hydrogen-bond donors (Lipinski definition) is 0. The molecule has 1 aromatic carbocycles. The zero-order chi connectivity index (χ0) is 18.8. The topological polar surface area (TPSA) is 51.0 Å². The molecule has 0 unspecified atom stereocenters. The second-order valence-corrected chi connectivity index (χ2v) is 9.10. The van der Waals surface area contributed by atoms with Crippen molar-refractivity contribution in [1.29, 1.82) is 0 Å². The molecule has 2 heterocycles. The molecule has 1 saturated heterocycles. The van der Waals surface area contributed by atoms with Crippen molar-refractivity contribution in [1.82, 2.24) is 19.7 Å². The maximum Gasteiger partial charge on any atom is 0.235 e. The van der Waals surface area contributed by atoms with Gasteiger partial charge in [0.2, 0.25) is 5.91 Å². The van der Waals surface area contributed by atoms with E-state index in [0.717, 1.165) is 55.3 Å². The van der Waals surface area contributed by atoms with Gasteiger partial charge in [-0.05, 0) is 44.7 Å². The summed E-state index contributed by atoms with van der Waals surface area (Å²) in [6, 6.07) is 8.15. The summed E-state index contributed by atoms with van der Waals surface area (Å²) in [5, 5.41) is 10.3. The fraction of sp³-hybridized carbons (Fsp3) is 0.550. The van der Waals surface area contributed by atoms with E-state index in [1.807, 2.05) is 36.1 Å². The van der Waals surface area contributed by atoms with Crippen LogP contribution in [0.4, 0.5) is 0 Å². The van der Waals surface area contributed by atoms with Crippen LogP contribution in [0.1, 0.15) is 51.5 Å². The third kappa shape index (κ3) is 3.87. The average Bonchev–Trinajstić information content (AvgIpc) is 3.42. The van der Waals surface area contributed by atoms with Crippen LogP contribution in [-0.2, 0) is 4.79 Å². The van der Waals surface area contributed by atoms with E-state index >= 15 is 0 Å². The van der Waals surface area contributed by atoms with Crippen LogP contribution >= 0.6 is 23.4 Å². The van der Waals surface area contributed by atoms with Crippen LogP contribution in [0.2, 0.25) is 5.02 Å². The molecule has 27 heavy (non-hydrogen) atoms. The molecule has 0 spiro atoms. The van der Waals surface area contributed by atoms with E-state index in [9.17, 15) is 4.79 Å². The maximum absolute atomic E-state index is 12.7. The van der Waals surface area contributed by atoms with Crippen LogP contribution in [0, 0.1) is 0 Å². The van der Waals surface area contributed by atoms with Crippen molar-refractivity contribution in [3.8, 4) is 11.4 Å². The lowest BCUT2D eigenvalue weighted by Crippen LogP contribution is -2.34. The molecule has 1 aliphatic heterocycles. The summed E-state index contributed by atoms with van der Waals surface area (Å²) in [5.41, 5.74) is 0.906. The average molecular weight is 405 g/mol. The minimum Gasteiger partial charge on any atom is -0.342 e. The minimum atomic E-state index is -0.161. The van der Waals surface area contributed by atoms with Gasteiger partial charge in [0.05, 0.1) is 10.3 Å². The molecular weight excluding hydrogens is 380 g/mol. The van der Waals surface area contributed by atoms with Crippen LogP contribution in [0.15, 0.2) is 29.4 Å². The Hall–Kier alpha value is -1.53. The predicted octanol–water partition coefficient (Wildman–Crippen LogP) is 4.82. The predicted molar refractivity (Wildman–Crippen MR) is 109 cm³/mol. The summed E-state index contributed by atoms with van der Waals surface area (Å²) >= 11 is 7.97. The summed E-state index contributed by atoms with van der Waals surface area (Å²) in [5.74, 6) is 1.02. The second kappa shape index (κ2) is 8.23. The lowest BCUT2D eigenvalue weighted by atomic mass is 10.2. The fourth-order valence-electron chi connectivity index (χ4n) is 4.08. The van der Waals surface area contributed by atoms with Crippen LogP contribution < -0.4 is 0 Å². The van der Waals surface area contributed by atoms with Crippen LogP contribution in [0.3, 0.4) is 0 Å². The number of halogens is 1. The zero-order valence-electron chi connectivity index (χ0n) is 15.6. The van der Waals surface area contributed by atoms with Gasteiger partial charge in [0.15, 0.2) is 11.0 Å². The van der Waals surface area contributed by atoms with Crippen molar-refractivity contribution >= 4 is 29.3 Å². The highest BCUT2D eigenvalue weighted by Crippen LogP contribution is 2.39. The third-order valence-corrected chi connectivity index (χ3v) is 6.89. The normalized spacial score (nSPS) is 19.0. The molecule has 144 valence electrons. The van der Waals surface area contributed by atoms with Gasteiger partial charge < -0.3 is 4.90 Å². The standard InChI is InChI=1S/C20H25ClN4OS/c1-14(19(26)24-12-6-7-13-24)27-20-23-22-18(16-10-4-5-11-17(16)21)25(20)15-8-2-3-9-15/h4-5,10-11,14-15H,2-3,6-9,12-13H2,1H3/t14-/m1/s1. The van der Waals surface area contributed by atoms with Gasteiger partial charge in [-0.2, -0.15) is 0 Å². The number of hydrogen-bond acceptors (Lipinski definition) is 4. The number of aromatic nitrogens is 3. The molecular formula is C20H25ClN4OS. The number of amides is 1. The summed E-state index contributed by atoms with van der Waals surface area (Å²) in [4.78, 5) is 14.7. The maximum atomic E-state index is 12.7. The van der Waals surface area contributed by atoms with Crippen molar-refractivity contribution in [2.75, 3.05) is 13.1 Å². The third-order valence-electron chi connectivity index (χ3n) is 5.52. The molecule has 2 fully saturated rings. The van der Waals surface area contributed by atoms with Gasteiger partial charge in [0.1, 0.15) is 0 Å². The van der Waals surface area contributed by atoms with E-state index in [4.69, 9.17) is 11.6 Å². The van der Waals surface area contributed by atoms with E-state index in [-0.39, 0.29) is 11.2 Å². The zero-order valence-corrected chi connectivity index (χ0v) is 17.2. The Morgan fingerprint density at radius 2 is 1.85 bits per heavy atom. The number of carbonyl (C=O) groups excluding carboxylic acids is 1. The Kier molecular flexibility index (Phi) is 5.74. The number of nitrogens with zero attached hydrogens (tertiary/aromatic N) is 4. The number of benzene rings is 1. The number of rotatable bonds is 5. The van der Waals surface area contributed by atoms with Crippen LogP contribution in [0.5, 0.6) is 0 Å². The molecule has 0 bridgehead atoms. The van der Waals surface area contributed by atoms with Gasteiger partial charge in [-0.1, -0.05) is 48.3 Å². The lowest BCUT2D eigenvalue weighted by Gasteiger charge is -2.21. The van der Waals surface area contributed by atoms with Crippen molar-refractivity contribution in [3.05, 3.63) is 29.3 Å². The van der Waals surface area contributed by atoms with Crippen molar-refractivity contribution < 1.29 is 4.79 Å². The van der Waals surface area contributed by atoms with E-state index < -0.39 is 0 Å². The molecule has 0 N–H and O–H groups in total. The highest BCUT2D eigenvalue weighted by molar-refractivity contribution is 8.00. The fourth-order valence-corrected chi connectivity index (χ4v) is 5.30. The Bertz CT molecular complexity index is 812. The molecule has 4 rings (SSSR count). The van der Waals surface area contributed by atoms with Crippen LogP contribution in [-0.4, -0.2) is 43.9 Å². The first kappa shape index (κ1) is 18.8. The number of carbonyl (C=O) groups is 1. The molecule has 1 amide bonds. The van der Waals surface area contributed by atoms with Crippen LogP contribution in [0.25, 0.3) is 11.4 Å². The Labute approximate surface area is 169 Å². The molecule has 7 heteroatoms. The second-order valence-electron chi connectivity index (χ2n) is 7.39. The molecule has 2 aromatic rings. The van der Waals surface area contributed by atoms with Gasteiger partial charge >= 0.3 is 0 Å². The van der Waals surface area contributed by atoms with E-state index in [1.54, 1.807) is 0 Å². The van der Waals surface area contributed by atoms with Gasteiger partial charge in [-0.15, -0.1) is 10.2 Å². The quantitative estimate of drug-likeness (QED) is 0.670. The van der Waals surface area contributed by atoms with Gasteiger partial charge in [0, 0.05) is 24.7 Å². The first-order valence-corrected chi connectivity index (χ1v) is 11.1. The smallest absolute Gasteiger partial charge is 0.235 e. The van der Waals surface area contributed by atoms with Gasteiger partial charge in [0.25, 0.3) is 0 Å². The first-order chi connectivity index (χ1) is 13.1. The highest BCUT2D eigenvalue weighted by atomic mass is 35.5. The Morgan fingerprint density at radius 3 is 2.56 bits per heavy atom. The number of thioether (sulfide) groups is 1. The van der Waals surface area contributed by atoms with E-state index in [2.05, 4.69) is 14.8 Å². The molecule has 5 nitrogen and oxygen atoms in total.